The third-order valence-corrected chi connectivity index (χ3v) is 3.66. The number of rotatable bonds is 6. The molecule has 0 fully saturated rings. The van der Waals surface area contributed by atoms with E-state index in [9.17, 15) is 9.90 Å². The van der Waals surface area contributed by atoms with Crippen molar-refractivity contribution in [1.29, 1.82) is 0 Å². The number of aromatic hydroxyl groups is 1. The molecule has 2 aromatic rings. The number of hydrogen-bond acceptors (Lipinski definition) is 5. The quantitative estimate of drug-likeness (QED) is 0.619. The molecule has 0 atom stereocenters. The van der Waals surface area contributed by atoms with Crippen molar-refractivity contribution in [3.8, 4) is 11.5 Å². The summed E-state index contributed by atoms with van der Waals surface area (Å²) in [7, 11) is 2.81. The highest BCUT2D eigenvalue weighted by molar-refractivity contribution is 5.98. The number of aromatic nitrogens is 2. The number of benzene rings is 1. The molecule has 0 radical (unpaired) electrons. The molecule has 2 rings (SSSR count). The molecule has 0 bridgehead atoms. The molecule has 0 saturated carbocycles. The smallest absolute Gasteiger partial charge is 0.342 e. The zero-order valence-corrected chi connectivity index (χ0v) is 14.8. The van der Waals surface area contributed by atoms with E-state index in [0.717, 1.165) is 5.57 Å². The Morgan fingerprint density at radius 1 is 1.32 bits per heavy atom. The number of hydrogen-bond donors (Lipinski definition) is 2. The van der Waals surface area contributed by atoms with E-state index in [1.165, 1.54) is 14.2 Å². The average molecular weight is 342 g/mol. The zero-order valence-electron chi connectivity index (χ0n) is 14.8. The summed E-state index contributed by atoms with van der Waals surface area (Å²) in [6, 6.07) is 1.71. The molecule has 0 aliphatic rings. The Bertz CT molecular complexity index is 801. The maximum Gasteiger partial charge on any atom is 0.342 e. The highest BCUT2D eigenvalue weighted by Crippen LogP contribution is 2.36. The fourth-order valence-corrected chi connectivity index (χ4v) is 2.38. The van der Waals surface area contributed by atoms with E-state index in [0.29, 0.717) is 29.1 Å². The summed E-state index contributed by atoms with van der Waals surface area (Å²) in [5.74, 6) is 0.380. The van der Waals surface area contributed by atoms with Crippen LogP contribution in [0.2, 0.25) is 0 Å². The number of methoxy groups -OCH3 is 2. The van der Waals surface area contributed by atoms with Crippen LogP contribution in [0.1, 0.15) is 41.2 Å². The van der Waals surface area contributed by atoms with Crippen LogP contribution in [-0.4, -0.2) is 35.3 Å². The van der Waals surface area contributed by atoms with Gasteiger partial charge in [0.15, 0.2) is 0 Å². The number of nitrogens with zero attached hydrogens (tertiary/aromatic N) is 1. The van der Waals surface area contributed by atoms with E-state index in [1.807, 2.05) is 19.9 Å². The van der Waals surface area contributed by atoms with Crippen molar-refractivity contribution in [3.63, 3.8) is 0 Å². The van der Waals surface area contributed by atoms with E-state index in [-0.39, 0.29) is 11.3 Å². The number of phenols is 1. The lowest BCUT2D eigenvalue weighted by atomic mass is 9.97. The van der Waals surface area contributed by atoms with Crippen LogP contribution in [0.5, 0.6) is 11.5 Å². The van der Waals surface area contributed by atoms with Crippen LogP contribution in [0.25, 0.3) is 12.2 Å². The first-order valence-electron chi connectivity index (χ1n) is 7.79. The number of phenolic OH excluding ortho intramolecular Hbond substituents is 1. The molecule has 0 spiro atoms. The van der Waals surface area contributed by atoms with Crippen LogP contribution in [0.15, 0.2) is 30.1 Å². The predicted molar refractivity (Wildman–Crippen MR) is 96.6 cm³/mol. The highest BCUT2D eigenvalue weighted by Gasteiger charge is 2.22. The molecule has 1 aromatic carbocycles. The summed E-state index contributed by atoms with van der Waals surface area (Å²) >= 11 is 0. The van der Waals surface area contributed by atoms with Gasteiger partial charge in [-0.25, -0.2) is 9.78 Å². The lowest BCUT2D eigenvalue weighted by molar-refractivity contribution is 0.0597. The minimum Gasteiger partial charge on any atom is -0.507 e. The first-order chi connectivity index (χ1) is 12.0. The van der Waals surface area contributed by atoms with Crippen LogP contribution in [-0.2, 0) is 11.2 Å². The average Bonchev–Trinajstić information content (AvgIpc) is 3.11. The maximum absolute atomic E-state index is 12.2. The molecule has 0 aliphatic carbocycles. The topological polar surface area (TPSA) is 84.4 Å². The minimum atomic E-state index is -0.613. The monoisotopic (exact) mass is 342 g/mol. The van der Waals surface area contributed by atoms with Crippen molar-refractivity contribution >= 4 is 18.1 Å². The molecule has 6 nitrogen and oxygen atoms in total. The second-order valence-electron chi connectivity index (χ2n) is 5.66. The van der Waals surface area contributed by atoms with Gasteiger partial charge in [0.2, 0.25) is 0 Å². The SMILES string of the molecule is COC(=O)c1c(/C=C\c2ncc[nH]2)cc(OC)c(CC=C(C)C)c1O. The number of imidazole rings is 1. The predicted octanol–water partition coefficient (Wildman–Crippen LogP) is 3.59. The second-order valence-corrected chi connectivity index (χ2v) is 5.66. The number of esters is 1. The van der Waals surface area contributed by atoms with Crippen molar-refractivity contribution in [2.75, 3.05) is 14.2 Å². The molecule has 132 valence electrons. The number of carbonyl (C=O) groups is 1. The van der Waals surface area contributed by atoms with Crippen LogP contribution >= 0.6 is 0 Å². The van der Waals surface area contributed by atoms with Crippen LogP contribution in [0.4, 0.5) is 0 Å². The Morgan fingerprint density at radius 3 is 2.64 bits per heavy atom. The highest BCUT2D eigenvalue weighted by atomic mass is 16.5. The Labute approximate surface area is 146 Å². The Balaban J connectivity index is 2.59. The van der Waals surface area contributed by atoms with Gasteiger partial charge < -0.3 is 19.6 Å². The van der Waals surface area contributed by atoms with Crippen molar-refractivity contribution in [3.05, 3.63) is 52.6 Å². The van der Waals surface area contributed by atoms with Crippen molar-refractivity contribution in [1.82, 2.24) is 9.97 Å². The van der Waals surface area contributed by atoms with Gasteiger partial charge in [0.1, 0.15) is 22.9 Å². The van der Waals surface area contributed by atoms with E-state index in [1.54, 1.807) is 30.6 Å². The van der Waals surface area contributed by atoms with Gasteiger partial charge in [0.05, 0.1) is 14.2 Å². The van der Waals surface area contributed by atoms with Gasteiger partial charge in [-0.15, -0.1) is 0 Å². The third-order valence-electron chi connectivity index (χ3n) is 3.66. The molecule has 0 saturated heterocycles. The summed E-state index contributed by atoms with van der Waals surface area (Å²) in [6.45, 7) is 3.93. The van der Waals surface area contributed by atoms with Gasteiger partial charge in [-0.2, -0.15) is 0 Å². The molecule has 0 amide bonds. The summed E-state index contributed by atoms with van der Waals surface area (Å²) < 4.78 is 10.2. The summed E-state index contributed by atoms with van der Waals surface area (Å²) in [5.41, 5.74) is 2.23. The van der Waals surface area contributed by atoms with Gasteiger partial charge in [0, 0.05) is 18.0 Å². The Kier molecular flexibility index (Phi) is 6.00. The fourth-order valence-electron chi connectivity index (χ4n) is 2.38. The van der Waals surface area contributed by atoms with Gasteiger partial charge >= 0.3 is 5.97 Å². The molecule has 2 N–H and O–H groups in total. The van der Waals surface area contributed by atoms with Gasteiger partial charge in [-0.05, 0) is 38.0 Å². The fraction of sp³-hybridized carbons (Fsp3) is 0.263. The van der Waals surface area contributed by atoms with E-state index < -0.39 is 5.97 Å². The van der Waals surface area contributed by atoms with Crippen LogP contribution in [0.3, 0.4) is 0 Å². The number of H-pyrrole nitrogens is 1. The standard InChI is InChI=1S/C19H22N2O4/c1-12(2)5-7-14-15(24-3)11-13(6-8-16-20-9-10-21-16)17(18(14)22)19(23)25-4/h5-6,8-11,22H,7H2,1-4H3,(H,20,21)/b8-6-. The molecule has 1 heterocycles. The van der Waals surface area contributed by atoms with Crippen molar-refractivity contribution in [2.45, 2.75) is 20.3 Å². The van der Waals surface area contributed by atoms with Gasteiger partial charge in [-0.1, -0.05) is 17.7 Å². The second kappa shape index (κ2) is 8.19. The number of nitrogens with one attached hydrogen (secondary N) is 1. The minimum absolute atomic E-state index is 0.100. The molecule has 25 heavy (non-hydrogen) atoms. The lowest BCUT2D eigenvalue weighted by Gasteiger charge is -2.15. The Hall–Kier alpha value is -3.02. The first-order valence-corrected chi connectivity index (χ1v) is 7.79. The first kappa shape index (κ1) is 18.3. The van der Waals surface area contributed by atoms with E-state index >= 15 is 0 Å². The zero-order chi connectivity index (χ0) is 18.4. The Morgan fingerprint density at radius 2 is 2.08 bits per heavy atom. The van der Waals surface area contributed by atoms with Crippen molar-refractivity contribution in [2.24, 2.45) is 0 Å². The summed E-state index contributed by atoms with van der Waals surface area (Å²) in [6.07, 6.45) is 9.11. The normalized spacial score (nSPS) is 10.7. The summed E-state index contributed by atoms with van der Waals surface area (Å²) in [4.78, 5) is 19.2. The number of allylic oxidation sites excluding steroid dienone is 2. The van der Waals surface area contributed by atoms with Crippen molar-refractivity contribution < 1.29 is 19.4 Å². The third kappa shape index (κ3) is 4.29. The van der Waals surface area contributed by atoms with Crippen LogP contribution in [0, 0.1) is 0 Å². The maximum atomic E-state index is 12.2. The molecular formula is C19H22N2O4. The van der Waals surface area contributed by atoms with E-state index in [2.05, 4.69) is 9.97 Å². The molecule has 0 unspecified atom stereocenters. The summed E-state index contributed by atoms with van der Waals surface area (Å²) in [5, 5.41) is 10.7. The number of aromatic amines is 1. The molecule has 1 aromatic heterocycles. The molecular weight excluding hydrogens is 320 g/mol. The molecule has 6 heteroatoms. The van der Waals surface area contributed by atoms with Gasteiger partial charge in [0.25, 0.3) is 0 Å². The van der Waals surface area contributed by atoms with E-state index in [4.69, 9.17) is 9.47 Å². The largest absolute Gasteiger partial charge is 0.507 e. The number of carbonyl (C=O) groups excluding carboxylic acids is 1. The lowest BCUT2D eigenvalue weighted by Crippen LogP contribution is -2.07. The number of ether oxygens (including phenoxy) is 2. The van der Waals surface area contributed by atoms with Crippen LogP contribution < -0.4 is 4.74 Å². The van der Waals surface area contributed by atoms with Gasteiger partial charge in [-0.3, -0.25) is 0 Å². The molecule has 0 aliphatic heterocycles.